The topological polar surface area (TPSA) is 77.0 Å². The van der Waals surface area contributed by atoms with Gasteiger partial charge in [-0.25, -0.2) is 4.79 Å². The molecule has 0 saturated carbocycles. The summed E-state index contributed by atoms with van der Waals surface area (Å²) in [5.74, 6) is 0.580. The van der Waals surface area contributed by atoms with E-state index < -0.39 is 11.2 Å². The Hall–Kier alpha value is -2.81. The summed E-state index contributed by atoms with van der Waals surface area (Å²) in [6.07, 6.45) is 1.24. The Balaban J connectivity index is 2.76. The Kier molecular flexibility index (Phi) is 3.21. The predicted molar refractivity (Wildman–Crippen MR) is 68.5 cm³/mol. The van der Waals surface area contributed by atoms with Crippen LogP contribution in [0.5, 0.6) is 5.75 Å². The summed E-state index contributed by atoms with van der Waals surface area (Å²) < 4.78 is 7.22. The number of hydrogen-bond donors (Lipinski definition) is 0. The van der Waals surface area contributed by atoms with Gasteiger partial charge in [0, 0.05) is 19.3 Å². The van der Waals surface area contributed by atoms with Crippen LogP contribution < -0.4 is 16.0 Å². The molecule has 0 N–H and O–H groups in total. The zero-order valence-electron chi connectivity index (χ0n) is 10.5. The van der Waals surface area contributed by atoms with Crippen molar-refractivity contribution in [2.45, 2.75) is 0 Å². The molecule has 0 aliphatic heterocycles. The number of hydrogen-bond acceptors (Lipinski definition) is 4. The number of rotatable bonds is 2. The van der Waals surface area contributed by atoms with Gasteiger partial charge in [-0.15, -0.1) is 0 Å². The van der Waals surface area contributed by atoms with E-state index in [1.54, 1.807) is 30.3 Å². The molecule has 2 aromatic rings. The van der Waals surface area contributed by atoms with Crippen molar-refractivity contribution >= 4 is 0 Å². The van der Waals surface area contributed by atoms with Gasteiger partial charge in [0.1, 0.15) is 17.4 Å². The first-order valence-corrected chi connectivity index (χ1v) is 5.45. The van der Waals surface area contributed by atoms with E-state index in [2.05, 4.69) is 0 Å². The Morgan fingerprint density at radius 1 is 1.32 bits per heavy atom. The highest BCUT2D eigenvalue weighted by molar-refractivity contribution is 5.40. The summed E-state index contributed by atoms with van der Waals surface area (Å²) in [6, 6.07) is 8.57. The standard InChI is InChI=1S/C13H11N3O3/c1-15-12(17)9(7-14)8-16(13(15)18)10-4-3-5-11(6-10)19-2/h3-6,8H,1-2H3. The number of aromatic nitrogens is 2. The maximum absolute atomic E-state index is 12.0. The van der Waals surface area contributed by atoms with Gasteiger partial charge >= 0.3 is 5.69 Å². The van der Waals surface area contributed by atoms with E-state index in [1.165, 1.54) is 24.9 Å². The van der Waals surface area contributed by atoms with E-state index in [9.17, 15) is 9.59 Å². The molecule has 6 heteroatoms. The van der Waals surface area contributed by atoms with Crippen LogP contribution in [0.1, 0.15) is 5.56 Å². The molecule has 6 nitrogen and oxygen atoms in total. The summed E-state index contributed by atoms with van der Waals surface area (Å²) in [5.41, 5.74) is -0.690. The van der Waals surface area contributed by atoms with E-state index in [-0.39, 0.29) is 5.56 Å². The lowest BCUT2D eigenvalue weighted by atomic mass is 10.3. The van der Waals surface area contributed by atoms with Crippen LogP contribution >= 0.6 is 0 Å². The van der Waals surface area contributed by atoms with E-state index in [4.69, 9.17) is 10.00 Å². The van der Waals surface area contributed by atoms with Crippen molar-refractivity contribution in [2.24, 2.45) is 7.05 Å². The van der Waals surface area contributed by atoms with Crippen LogP contribution in [-0.2, 0) is 7.05 Å². The first-order valence-electron chi connectivity index (χ1n) is 5.45. The summed E-state index contributed by atoms with van der Waals surface area (Å²) in [7, 11) is 2.85. The van der Waals surface area contributed by atoms with E-state index >= 15 is 0 Å². The SMILES string of the molecule is COc1cccc(-n2cc(C#N)c(=O)n(C)c2=O)c1. The largest absolute Gasteiger partial charge is 0.497 e. The summed E-state index contributed by atoms with van der Waals surface area (Å²) in [5, 5.41) is 8.90. The van der Waals surface area contributed by atoms with Gasteiger partial charge in [-0.2, -0.15) is 5.26 Å². The van der Waals surface area contributed by atoms with Crippen molar-refractivity contribution in [2.75, 3.05) is 7.11 Å². The number of methoxy groups -OCH3 is 1. The number of ether oxygens (including phenoxy) is 1. The number of benzene rings is 1. The van der Waals surface area contributed by atoms with E-state index in [0.717, 1.165) is 4.57 Å². The van der Waals surface area contributed by atoms with Gasteiger partial charge in [-0.1, -0.05) is 6.07 Å². The molecule has 0 amide bonds. The highest BCUT2D eigenvalue weighted by atomic mass is 16.5. The lowest BCUT2D eigenvalue weighted by Gasteiger charge is -2.09. The third kappa shape index (κ3) is 2.13. The Bertz CT molecular complexity index is 781. The molecule has 1 aromatic heterocycles. The Morgan fingerprint density at radius 2 is 2.05 bits per heavy atom. The second kappa shape index (κ2) is 4.82. The monoisotopic (exact) mass is 257 g/mol. The minimum absolute atomic E-state index is 0.0927. The molecule has 1 aromatic carbocycles. The van der Waals surface area contributed by atoms with Gasteiger partial charge in [0.25, 0.3) is 5.56 Å². The second-order valence-electron chi connectivity index (χ2n) is 3.87. The van der Waals surface area contributed by atoms with Gasteiger partial charge < -0.3 is 4.74 Å². The van der Waals surface area contributed by atoms with Crippen LogP contribution in [0, 0.1) is 11.3 Å². The quantitative estimate of drug-likeness (QED) is 0.781. The molecule has 0 bridgehead atoms. The van der Waals surface area contributed by atoms with Crippen molar-refractivity contribution in [1.82, 2.24) is 9.13 Å². The summed E-state index contributed by atoms with van der Waals surface area (Å²) in [4.78, 5) is 23.7. The molecule has 96 valence electrons. The first-order chi connectivity index (χ1) is 9.08. The molecule has 0 atom stereocenters. The molecule has 0 aliphatic rings. The molecule has 0 saturated heterocycles. The lowest BCUT2D eigenvalue weighted by molar-refractivity contribution is 0.414. The van der Waals surface area contributed by atoms with Crippen LogP contribution in [0.25, 0.3) is 5.69 Å². The smallest absolute Gasteiger partial charge is 0.335 e. The molecular formula is C13H11N3O3. The highest BCUT2D eigenvalue weighted by Crippen LogP contribution is 2.14. The summed E-state index contributed by atoms with van der Waals surface area (Å²) in [6.45, 7) is 0. The normalized spacial score (nSPS) is 9.95. The first kappa shape index (κ1) is 12.6. The zero-order valence-corrected chi connectivity index (χ0v) is 10.5. The molecule has 0 radical (unpaired) electrons. The van der Waals surface area contributed by atoms with Crippen LogP contribution in [0.2, 0.25) is 0 Å². The highest BCUT2D eigenvalue weighted by Gasteiger charge is 2.09. The minimum atomic E-state index is -0.605. The molecule has 0 unspecified atom stereocenters. The maximum atomic E-state index is 12.0. The molecule has 2 rings (SSSR count). The van der Waals surface area contributed by atoms with Crippen LogP contribution in [0.15, 0.2) is 40.1 Å². The Morgan fingerprint density at radius 3 is 2.68 bits per heavy atom. The molecule has 1 heterocycles. The molecule has 19 heavy (non-hydrogen) atoms. The molecule has 0 aliphatic carbocycles. The van der Waals surface area contributed by atoms with Crippen molar-refractivity contribution < 1.29 is 4.74 Å². The van der Waals surface area contributed by atoms with E-state index in [1.807, 2.05) is 0 Å². The average Bonchev–Trinajstić information content (AvgIpc) is 2.45. The van der Waals surface area contributed by atoms with Gasteiger partial charge in [-0.05, 0) is 12.1 Å². The summed E-state index contributed by atoms with van der Waals surface area (Å²) >= 11 is 0. The fourth-order valence-electron chi connectivity index (χ4n) is 1.69. The molecular weight excluding hydrogens is 246 g/mol. The van der Waals surface area contributed by atoms with Gasteiger partial charge in [0.15, 0.2) is 0 Å². The van der Waals surface area contributed by atoms with Crippen molar-refractivity contribution in [3.63, 3.8) is 0 Å². The van der Waals surface area contributed by atoms with Crippen molar-refractivity contribution in [1.29, 1.82) is 5.26 Å². The van der Waals surface area contributed by atoms with Crippen LogP contribution in [-0.4, -0.2) is 16.2 Å². The third-order valence-electron chi connectivity index (χ3n) is 2.74. The van der Waals surface area contributed by atoms with Crippen LogP contribution in [0.4, 0.5) is 0 Å². The van der Waals surface area contributed by atoms with Crippen LogP contribution in [0.3, 0.4) is 0 Å². The fraction of sp³-hybridized carbons (Fsp3) is 0.154. The number of nitrogens with zero attached hydrogens (tertiary/aromatic N) is 3. The predicted octanol–water partition coefficient (Wildman–Crippen LogP) is 0.416. The molecule has 0 spiro atoms. The van der Waals surface area contributed by atoms with Gasteiger partial charge in [-0.3, -0.25) is 13.9 Å². The Labute approximate surface area is 108 Å². The third-order valence-corrected chi connectivity index (χ3v) is 2.74. The second-order valence-corrected chi connectivity index (χ2v) is 3.87. The molecule has 0 fully saturated rings. The average molecular weight is 257 g/mol. The zero-order chi connectivity index (χ0) is 14.0. The van der Waals surface area contributed by atoms with Crippen molar-refractivity contribution in [3.05, 3.63) is 56.9 Å². The number of nitriles is 1. The maximum Gasteiger partial charge on any atom is 0.335 e. The van der Waals surface area contributed by atoms with Gasteiger partial charge in [0.2, 0.25) is 0 Å². The van der Waals surface area contributed by atoms with E-state index in [0.29, 0.717) is 11.4 Å². The lowest BCUT2D eigenvalue weighted by Crippen LogP contribution is -2.38. The fourth-order valence-corrected chi connectivity index (χ4v) is 1.69. The van der Waals surface area contributed by atoms with Crippen molar-refractivity contribution in [3.8, 4) is 17.5 Å². The van der Waals surface area contributed by atoms with Gasteiger partial charge in [0.05, 0.1) is 12.8 Å². The minimum Gasteiger partial charge on any atom is -0.497 e.